The van der Waals surface area contributed by atoms with E-state index >= 15 is 0 Å². The molecule has 0 spiro atoms. The standard InChI is InChI=1S/C23H24N4O/c1-27-13-5-8-21(27)20-14-17(15-24)22(25)23(26-20)16-9-11-19(12-10-16)28-18-6-3-2-4-7-18/h2-4,6-7,9-12,14-15,21,24H,5,8,13,25H2,1H3. The summed E-state index contributed by atoms with van der Waals surface area (Å²) in [5.41, 5.74) is 10.2. The van der Waals surface area contributed by atoms with Crippen LogP contribution in [-0.2, 0) is 0 Å². The molecule has 0 bridgehead atoms. The van der Waals surface area contributed by atoms with Crippen LogP contribution in [0.1, 0.15) is 30.1 Å². The van der Waals surface area contributed by atoms with Crippen LogP contribution in [-0.4, -0.2) is 29.7 Å². The van der Waals surface area contributed by atoms with Crippen molar-refractivity contribution in [3.63, 3.8) is 0 Å². The average Bonchev–Trinajstić information content (AvgIpc) is 3.16. The smallest absolute Gasteiger partial charge is 0.127 e. The maximum atomic E-state index is 7.75. The Hall–Kier alpha value is -3.18. The molecule has 2 aromatic carbocycles. The van der Waals surface area contributed by atoms with Gasteiger partial charge in [-0.1, -0.05) is 18.2 Å². The Morgan fingerprint density at radius 2 is 1.82 bits per heavy atom. The first-order chi connectivity index (χ1) is 13.7. The van der Waals surface area contributed by atoms with Gasteiger partial charge in [-0.3, -0.25) is 4.90 Å². The second-order valence-corrected chi connectivity index (χ2v) is 7.12. The highest BCUT2D eigenvalue weighted by Crippen LogP contribution is 2.35. The molecule has 142 valence electrons. The van der Waals surface area contributed by atoms with Crippen LogP contribution in [0.15, 0.2) is 60.7 Å². The fourth-order valence-corrected chi connectivity index (χ4v) is 3.69. The number of nitrogen functional groups attached to an aromatic ring is 1. The molecule has 1 aliphatic heterocycles. The molecular weight excluding hydrogens is 348 g/mol. The SMILES string of the molecule is CN1CCCC1c1cc(C=N)c(N)c(-c2ccc(Oc3ccccc3)cc2)n1. The van der Waals surface area contributed by atoms with Gasteiger partial charge in [-0.2, -0.15) is 0 Å². The highest BCUT2D eigenvalue weighted by Gasteiger charge is 2.25. The van der Waals surface area contributed by atoms with Crippen molar-refractivity contribution in [2.75, 3.05) is 19.3 Å². The minimum Gasteiger partial charge on any atom is -0.457 e. The van der Waals surface area contributed by atoms with E-state index in [1.807, 2.05) is 60.7 Å². The van der Waals surface area contributed by atoms with Crippen LogP contribution >= 0.6 is 0 Å². The van der Waals surface area contributed by atoms with Gasteiger partial charge in [-0.05, 0) is 68.9 Å². The van der Waals surface area contributed by atoms with Gasteiger partial charge >= 0.3 is 0 Å². The molecule has 0 radical (unpaired) electrons. The van der Waals surface area contributed by atoms with Crippen LogP contribution < -0.4 is 10.5 Å². The number of hydrogen-bond donors (Lipinski definition) is 2. The number of nitrogens with one attached hydrogen (secondary N) is 1. The molecule has 4 rings (SSSR count). The Labute approximate surface area is 165 Å². The fourth-order valence-electron chi connectivity index (χ4n) is 3.69. The Balaban J connectivity index is 1.67. The molecule has 0 amide bonds. The summed E-state index contributed by atoms with van der Waals surface area (Å²) in [6.45, 7) is 1.07. The van der Waals surface area contributed by atoms with Crippen molar-refractivity contribution in [3.05, 3.63) is 71.9 Å². The van der Waals surface area contributed by atoms with E-state index in [4.69, 9.17) is 20.9 Å². The van der Waals surface area contributed by atoms with E-state index in [0.717, 1.165) is 47.8 Å². The minimum atomic E-state index is 0.277. The molecule has 1 atom stereocenters. The molecule has 1 unspecified atom stereocenters. The Kier molecular flexibility index (Phi) is 5.08. The van der Waals surface area contributed by atoms with Crippen molar-refractivity contribution in [3.8, 4) is 22.8 Å². The third-order valence-corrected chi connectivity index (χ3v) is 5.23. The summed E-state index contributed by atoms with van der Waals surface area (Å²) in [6, 6.07) is 19.7. The molecule has 1 fully saturated rings. The monoisotopic (exact) mass is 372 g/mol. The summed E-state index contributed by atoms with van der Waals surface area (Å²) < 4.78 is 5.87. The molecule has 5 nitrogen and oxygen atoms in total. The van der Waals surface area contributed by atoms with Crippen molar-refractivity contribution < 1.29 is 4.74 Å². The maximum Gasteiger partial charge on any atom is 0.127 e. The van der Waals surface area contributed by atoms with Gasteiger partial charge in [0.2, 0.25) is 0 Å². The lowest BCUT2D eigenvalue weighted by molar-refractivity contribution is 0.312. The summed E-state index contributed by atoms with van der Waals surface area (Å²) in [5.74, 6) is 1.55. The lowest BCUT2D eigenvalue weighted by Crippen LogP contribution is -2.19. The van der Waals surface area contributed by atoms with Crippen LogP contribution in [0.3, 0.4) is 0 Å². The largest absolute Gasteiger partial charge is 0.457 e. The van der Waals surface area contributed by atoms with Crippen molar-refractivity contribution in [2.24, 2.45) is 0 Å². The van der Waals surface area contributed by atoms with Gasteiger partial charge < -0.3 is 15.9 Å². The summed E-state index contributed by atoms with van der Waals surface area (Å²) in [7, 11) is 2.12. The van der Waals surface area contributed by atoms with Crippen molar-refractivity contribution >= 4 is 11.9 Å². The predicted octanol–water partition coefficient (Wildman–Crippen LogP) is 4.89. The summed E-state index contributed by atoms with van der Waals surface area (Å²) >= 11 is 0. The zero-order chi connectivity index (χ0) is 19.5. The zero-order valence-electron chi connectivity index (χ0n) is 15.9. The number of ether oxygens (including phenoxy) is 1. The first-order valence-corrected chi connectivity index (χ1v) is 9.50. The molecule has 1 aromatic heterocycles. The molecule has 1 aliphatic rings. The number of anilines is 1. The zero-order valence-corrected chi connectivity index (χ0v) is 15.9. The van der Waals surface area contributed by atoms with Crippen LogP contribution in [0, 0.1) is 5.41 Å². The van der Waals surface area contributed by atoms with Gasteiger partial charge in [0.05, 0.1) is 23.1 Å². The topological polar surface area (TPSA) is 75.2 Å². The number of nitrogens with two attached hydrogens (primary N) is 1. The molecule has 0 saturated carbocycles. The summed E-state index contributed by atoms with van der Waals surface area (Å²) in [6.07, 6.45) is 3.55. The summed E-state index contributed by atoms with van der Waals surface area (Å²) in [5, 5.41) is 7.75. The van der Waals surface area contributed by atoms with Crippen LogP contribution in [0.5, 0.6) is 11.5 Å². The van der Waals surface area contributed by atoms with Gasteiger partial charge in [-0.25, -0.2) is 4.98 Å². The number of rotatable bonds is 5. The van der Waals surface area contributed by atoms with E-state index < -0.39 is 0 Å². The molecule has 1 saturated heterocycles. The van der Waals surface area contributed by atoms with Gasteiger partial charge in [0.25, 0.3) is 0 Å². The fraction of sp³-hybridized carbons (Fsp3) is 0.217. The van der Waals surface area contributed by atoms with Crippen molar-refractivity contribution in [2.45, 2.75) is 18.9 Å². The van der Waals surface area contributed by atoms with Gasteiger partial charge in [0.15, 0.2) is 0 Å². The quantitative estimate of drug-likeness (QED) is 0.626. The molecular formula is C23H24N4O. The second-order valence-electron chi connectivity index (χ2n) is 7.12. The predicted molar refractivity (Wildman–Crippen MR) is 113 cm³/mol. The molecule has 3 aromatic rings. The van der Waals surface area contributed by atoms with Crippen LogP contribution in [0.25, 0.3) is 11.3 Å². The van der Waals surface area contributed by atoms with Crippen molar-refractivity contribution in [1.82, 2.24) is 9.88 Å². The minimum absolute atomic E-state index is 0.277. The first kappa shape index (κ1) is 18.2. The van der Waals surface area contributed by atoms with E-state index in [1.165, 1.54) is 6.21 Å². The van der Waals surface area contributed by atoms with Gasteiger partial charge in [0, 0.05) is 17.3 Å². The third kappa shape index (κ3) is 3.62. The van der Waals surface area contributed by atoms with Crippen molar-refractivity contribution in [1.29, 1.82) is 5.41 Å². The number of benzene rings is 2. The average molecular weight is 372 g/mol. The number of pyridine rings is 1. The highest BCUT2D eigenvalue weighted by atomic mass is 16.5. The van der Waals surface area contributed by atoms with Crippen LogP contribution in [0.2, 0.25) is 0 Å². The Morgan fingerprint density at radius 3 is 2.46 bits per heavy atom. The number of aromatic nitrogens is 1. The molecule has 2 heterocycles. The number of nitrogens with zero attached hydrogens (tertiary/aromatic N) is 2. The molecule has 0 aliphatic carbocycles. The lowest BCUT2D eigenvalue weighted by Gasteiger charge is -2.21. The second kappa shape index (κ2) is 7.82. The van der Waals surface area contributed by atoms with E-state index in [2.05, 4.69) is 11.9 Å². The maximum absolute atomic E-state index is 7.75. The normalized spacial score (nSPS) is 16.8. The molecule has 5 heteroatoms. The van der Waals surface area contributed by atoms with E-state index in [0.29, 0.717) is 11.3 Å². The number of likely N-dealkylation sites (tertiary alicyclic amines) is 1. The van der Waals surface area contributed by atoms with Gasteiger partial charge in [-0.15, -0.1) is 0 Å². The lowest BCUT2D eigenvalue weighted by atomic mass is 10.0. The molecule has 28 heavy (non-hydrogen) atoms. The number of para-hydroxylation sites is 1. The van der Waals surface area contributed by atoms with Crippen LogP contribution in [0.4, 0.5) is 5.69 Å². The molecule has 3 N–H and O–H groups in total. The number of hydrogen-bond acceptors (Lipinski definition) is 5. The van der Waals surface area contributed by atoms with E-state index in [1.54, 1.807) is 0 Å². The Bertz CT molecular complexity index is 970. The van der Waals surface area contributed by atoms with Gasteiger partial charge in [0.1, 0.15) is 11.5 Å². The summed E-state index contributed by atoms with van der Waals surface area (Å²) in [4.78, 5) is 7.20. The van der Waals surface area contributed by atoms with E-state index in [-0.39, 0.29) is 6.04 Å². The first-order valence-electron chi connectivity index (χ1n) is 9.50. The Morgan fingerprint density at radius 1 is 1.11 bits per heavy atom. The third-order valence-electron chi connectivity index (χ3n) is 5.23. The highest BCUT2D eigenvalue weighted by molar-refractivity contribution is 5.91. The van der Waals surface area contributed by atoms with E-state index in [9.17, 15) is 0 Å².